The standard InChI is InChI=1S/C21H18/c1-2-6-17-11-13-18(14-12-17)15-16-20-9-5-8-19-7-3-4-10-21(19)20/h3-5,7-14H,2,6H2,1H3. The maximum absolute atomic E-state index is 3.31. The molecule has 3 aromatic rings. The Kier molecular flexibility index (Phi) is 4.03. The van der Waals surface area contributed by atoms with Crippen molar-refractivity contribution in [2.24, 2.45) is 0 Å². The molecule has 0 N–H and O–H groups in total. The highest BCUT2D eigenvalue weighted by Gasteiger charge is 1.96. The smallest absolute Gasteiger partial charge is 0.0327 e. The van der Waals surface area contributed by atoms with E-state index in [1.54, 1.807) is 0 Å². The number of benzene rings is 3. The van der Waals surface area contributed by atoms with Crippen LogP contribution in [-0.2, 0) is 6.42 Å². The molecule has 0 radical (unpaired) electrons. The Bertz CT molecular complexity index is 793. The third-order valence-corrected chi connectivity index (χ3v) is 3.62. The van der Waals surface area contributed by atoms with E-state index in [2.05, 4.69) is 85.5 Å². The van der Waals surface area contributed by atoms with Crippen molar-refractivity contribution in [2.75, 3.05) is 0 Å². The van der Waals surface area contributed by atoms with Crippen molar-refractivity contribution >= 4 is 10.8 Å². The highest BCUT2D eigenvalue weighted by atomic mass is 14.0. The van der Waals surface area contributed by atoms with Gasteiger partial charge < -0.3 is 0 Å². The van der Waals surface area contributed by atoms with Crippen LogP contribution in [0.1, 0.15) is 30.0 Å². The van der Waals surface area contributed by atoms with E-state index in [1.165, 1.54) is 22.8 Å². The van der Waals surface area contributed by atoms with Gasteiger partial charge in [-0.15, -0.1) is 0 Å². The minimum absolute atomic E-state index is 1.07. The van der Waals surface area contributed by atoms with Gasteiger partial charge in [-0.05, 0) is 41.0 Å². The van der Waals surface area contributed by atoms with Gasteiger partial charge in [0, 0.05) is 11.1 Å². The van der Waals surface area contributed by atoms with E-state index in [9.17, 15) is 0 Å². The Morgan fingerprint density at radius 2 is 1.52 bits per heavy atom. The summed E-state index contributed by atoms with van der Waals surface area (Å²) in [4.78, 5) is 0. The topological polar surface area (TPSA) is 0 Å². The summed E-state index contributed by atoms with van der Waals surface area (Å²) in [5, 5.41) is 2.46. The minimum Gasteiger partial charge on any atom is -0.0651 e. The van der Waals surface area contributed by atoms with E-state index in [-0.39, 0.29) is 0 Å². The van der Waals surface area contributed by atoms with Gasteiger partial charge in [-0.2, -0.15) is 0 Å². The zero-order valence-corrected chi connectivity index (χ0v) is 12.3. The lowest BCUT2D eigenvalue weighted by Gasteiger charge is -2.00. The van der Waals surface area contributed by atoms with E-state index < -0.39 is 0 Å². The fourth-order valence-corrected chi connectivity index (χ4v) is 2.52. The zero-order valence-electron chi connectivity index (χ0n) is 12.3. The van der Waals surface area contributed by atoms with Crippen LogP contribution in [-0.4, -0.2) is 0 Å². The molecule has 0 aliphatic carbocycles. The lowest BCUT2D eigenvalue weighted by Crippen LogP contribution is -1.83. The molecule has 0 saturated carbocycles. The molecule has 0 atom stereocenters. The third kappa shape index (κ3) is 3.15. The zero-order chi connectivity index (χ0) is 14.5. The first-order chi connectivity index (χ1) is 10.4. The van der Waals surface area contributed by atoms with Gasteiger partial charge in [-0.1, -0.05) is 73.7 Å². The second-order valence-electron chi connectivity index (χ2n) is 5.22. The summed E-state index contributed by atoms with van der Waals surface area (Å²) in [7, 11) is 0. The van der Waals surface area contributed by atoms with Gasteiger partial charge in [0.25, 0.3) is 0 Å². The molecule has 0 amide bonds. The van der Waals surface area contributed by atoms with Crippen molar-refractivity contribution in [1.29, 1.82) is 0 Å². The molecule has 0 saturated heterocycles. The van der Waals surface area contributed by atoms with Crippen LogP contribution < -0.4 is 0 Å². The third-order valence-electron chi connectivity index (χ3n) is 3.62. The van der Waals surface area contributed by atoms with Crippen LogP contribution >= 0.6 is 0 Å². The largest absolute Gasteiger partial charge is 0.0651 e. The van der Waals surface area contributed by atoms with Crippen molar-refractivity contribution in [2.45, 2.75) is 19.8 Å². The van der Waals surface area contributed by atoms with Gasteiger partial charge in [0.2, 0.25) is 0 Å². The number of fused-ring (bicyclic) bond motifs is 1. The fourth-order valence-electron chi connectivity index (χ4n) is 2.52. The van der Waals surface area contributed by atoms with Crippen LogP contribution in [0.15, 0.2) is 66.7 Å². The molecule has 0 aromatic heterocycles. The molecule has 0 nitrogen and oxygen atoms in total. The molecule has 0 unspecified atom stereocenters. The highest BCUT2D eigenvalue weighted by Crippen LogP contribution is 2.17. The normalized spacial score (nSPS) is 10.1. The molecule has 0 heterocycles. The molecule has 102 valence electrons. The molecule has 0 fully saturated rings. The van der Waals surface area contributed by atoms with Crippen LogP contribution in [0.2, 0.25) is 0 Å². The van der Waals surface area contributed by atoms with Gasteiger partial charge in [0.05, 0.1) is 0 Å². The van der Waals surface area contributed by atoms with Crippen LogP contribution in [0.25, 0.3) is 10.8 Å². The van der Waals surface area contributed by atoms with Crippen LogP contribution in [0.3, 0.4) is 0 Å². The Morgan fingerprint density at radius 3 is 2.33 bits per heavy atom. The first-order valence-corrected chi connectivity index (χ1v) is 7.45. The Balaban J connectivity index is 1.92. The van der Waals surface area contributed by atoms with Gasteiger partial charge in [0.15, 0.2) is 0 Å². The quantitative estimate of drug-likeness (QED) is 0.562. The van der Waals surface area contributed by atoms with Crippen molar-refractivity contribution < 1.29 is 0 Å². The summed E-state index contributed by atoms with van der Waals surface area (Å²) in [5.74, 6) is 6.58. The predicted molar refractivity (Wildman–Crippen MR) is 90.4 cm³/mol. The average Bonchev–Trinajstić information content (AvgIpc) is 2.54. The van der Waals surface area contributed by atoms with E-state index in [4.69, 9.17) is 0 Å². The number of hydrogen-bond acceptors (Lipinski definition) is 0. The summed E-state index contributed by atoms with van der Waals surface area (Å²) in [5.41, 5.74) is 3.54. The molecule has 0 heteroatoms. The lowest BCUT2D eigenvalue weighted by molar-refractivity contribution is 0.922. The molecule has 21 heavy (non-hydrogen) atoms. The van der Waals surface area contributed by atoms with Crippen molar-refractivity contribution in [3.05, 3.63) is 83.4 Å². The summed E-state index contributed by atoms with van der Waals surface area (Å²) in [6, 6.07) is 23.2. The Hall–Kier alpha value is -2.52. The second kappa shape index (κ2) is 6.29. The molecule has 0 aliphatic rings. The molecular formula is C21H18. The van der Waals surface area contributed by atoms with Crippen molar-refractivity contribution in [1.82, 2.24) is 0 Å². The van der Waals surface area contributed by atoms with E-state index >= 15 is 0 Å². The van der Waals surface area contributed by atoms with Gasteiger partial charge in [-0.25, -0.2) is 0 Å². The molecular weight excluding hydrogens is 252 g/mol. The van der Waals surface area contributed by atoms with Crippen LogP contribution in [0.4, 0.5) is 0 Å². The summed E-state index contributed by atoms with van der Waals surface area (Å²) in [6.07, 6.45) is 2.32. The Morgan fingerprint density at radius 1 is 0.762 bits per heavy atom. The summed E-state index contributed by atoms with van der Waals surface area (Å²) in [6.45, 7) is 2.20. The molecule has 3 aromatic carbocycles. The second-order valence-corrected chi connectivity index (χ2v) is 5.22. The predicted octanol–water partition coefficient (Wildman–Crippen LogP) is 5.19. The maximum atomic E-state index is 3.31. The molecule has 0 aliphatic heterocycles. The molecule has 0 spiro atoms. The van der Waals surface area contributed by atoms with Crippen molar-refractivity contribution in [3.63, 3.8) is 0 Å². The maximum Gasteiger partial charge on any atom is 0.0327 e. The average molecular weight is 270 g/mol. The number of hydrogen-bond donors (Lipinski definition) is 0. The Labute approximate surface area is 126 Å². The first-order valence-electron chi connectivity index (χ1n) is 7.45. The van der Waals surface area contributed by atoms with Crippen LogP contribution in [0.5, 0.6) is 0 Å². The minimum atomic E-state index is 1.07. The fraction of sp³-hybridized carbons (Fsp3) is 0.143. The van der Waals surface area contributed by atoms with Gasteiger partial charge in [-0.3, -0.25) is 0 Å². The molecule has 0 bridgehead atoms. The summed E-state index contributed by atoms with van der Waals surface area (Å²) < 4.78 is 0. The van der Waals surface area contributed by atoms with Crippen LogP contribution in [0, 0.1) is 11.8 Å². The SMILES string of the molecule is CCCc1ccc(C#Cc2cccc3ccccc23)cc1. The highest BCUT2D eigenvalue weighted by molar-refractivity contribution is 5.88. The molecule has 3 rings (SSSR count). The lowest BCUT2D eigenvalue weighted by atomic mass is 10.0. The van der Waals surface area contributed by atoms with E-state index in [1.807, 2.05) is 0 Å². The van der Waals surface area contributed by atoms with Gasteiger partial charge in [0.1, 0.15) is 0 Å². The van der Waals surface area contributed by atoms with Crippen molar-refractivity contribution in [3.8, 4) is 11.8 Å². The van der Waals surface area contributed by atoms with Gasteiger partial charge >= 0.3 is 0 Å². The first kappa shape index (κ1) is 13.5. The number of aryl methyl sites for hydroxylation is 1. The summed E-state index contributed by atoms with van der Waals surface area (Å²) >= 11 is 0. The van der Waals surface area contributed by atoms with E-state index in [0.29, 0.717) is 0 Å². The number of rotatable bonds is 2. The monoisotopic (exact) mass is 270 g/mol. The van der Waals surface area contributed by atoms with E-state index in [0.717, 1.165) is 17.5 Å².